The van der Waals surface area contributed by atoms with E-state index in [2.05, 4.69) is 44.1 Å². The molecule has 1 unspecified atom stereocenters. The van der Waals surface area contributed by atoms with E-state index in [0.717, 1.165) is 31.4 Å². The third-order valence-corrected chi connectivity index (χ3v) is 7.37. The van der Waals surface area contributed by atoms with Gasteiger partial charge in [0.25, 0.3) is 0 Å². The maximum absolute atomic E-state index is 11.8. The second kappa shape index (κ2) is 8.02. The number of Topliss-reactive ketones (excluding diaryl/α,β-unsaturated/α-hetero) is 1. The summed E-state index contributed by atoms with van der Waals surface area (Å²) < 4.78 is 6.62. The standard InChI is InChI=1S/C25H35NO2/c1-16(17(2)27)14-19-8-9-20-15-18-6-5-7-23(25(18)24(19)20)28-22-12-10-21(11-13-22)26(3)4/h5-7,16,19,21-22H,8-15H2,1-4H3/t16?,19-,21?,22?/m1/s1. The van der Waals surface area contributed by atoms with E-state index in [0.29, 0.717) is 23.8 Å². The molecule has 0 aromatic heterocycles. The van der Waals surface area contributed by atoms with Crippen molar-refractivity contribution in [3.63, 3.8) is 0 Å². The van der Waals surface area contributed by atoms with Crippen LogP contribution in [0.4, 0.5) is 0 Å². The highest BCUT2D eigenvalue weighted by Gasteiger charge is 2.36. The predicted octanol–water partition coefficient (Wildman–Crippen LogP) is 5.27. The Morgan fingerprint density at radius 3 is 2.61 bits per heavy atom. The predicted molar refractivity (Wildman–Crippen MR) is 115 cm³/mol. The number of carbonyl (C=O) groups excluding carboxylic acids is 1. The molecule has 0 spiro atoms. The SMILES string of the molecule is CC(=O)C(C)C[C@H]1CCC2=C1c1c(cccc1OC1CCC(N(C)C)CC1)C2. The molecular weight excluding hydrogens is 346 g/mol. The number of hydrogen-bond donors (Lipinski definition) is 0. The summed E-state index contributed by atoms with van der Waals surface area (Å²) in [6, 6.07) is 7.31. The maximum atomic E-state index is 11.8. The zero-order valence-electron chi connectivity index (χ0n) is 18.0. The van der Waals surface area contributed by atoms with Crippen molar-refractivity contribution in [1.82, 2.24) is 4.90 Å². The van der Waals surface area contributed by atoms with Gasteiger partial charge in [0.15, 0.2) is 0 Å². The first-order valence-electron chi connectivity index (χ1n) is 11.1. The van der Waals surface area contributed by atoms with Crippen LogP contribution in [0.5, 0.6) is 5.75 Å². The molecule has 3 aliphatic carbocycles. The van der Waals surface area contributed by atoms with Gasteiger partial charge in [0.05, 0.1) is 6.10 Å². The van der Waals surface area contributed by atoms with Crippen LogP contribution in [-0.4, -0.2) is 36.9 Å². The minimum absolute atomic E-state index is 0.148. The molecule has 1 saturated carbocycles. The molecule has 2 atom stereocenters. The highest BCUT2D eigenvalue weighted by molar-refractivity contribution is 5.84. The summed E-state index contributed by atoms with van der Waals surface area (Å²) in [6.07, 6.45) is 9.51. The second-order valence-electron chi connectivity index (χ2n) is 9.48. The van der Waals surface area contributed by atoms with E-state index in [1.807, 2.05) is 0 Å². The van der Waals surface area contributed by atoms with Crippen LogP contribution in [0.25, 0.3) is 5.57 Å². The van der Waals surface area contributed by atoms with Gasteiger partial charge >= 0.3 is 0 Å². The molecule has 0 amide bonds. The van der Waals surface area contributed by atoms with Crippen LogP contribution >= 0.6 is 0 Å². The van der Waals surface area contributed by atoms with E-state index in [-0.39, 0.29) is 5.92 Å². The monoisotopic (exact) mass is 381 g/mol. The van der Waals surface area contributed by atoms with E-state index in [1.165, 1.54) is 42.4 Å². The number of ether oxygens (including phenoxy) is 1. The van der Waals surface area contributed by atoms with Crippen molar-refractivity contribution in [3.8, 4) is 5.75 Å². The first-order valence-corrected chi connectivity index (χ1v) is 11.1. The van der Waals surface area contributed by atoms with Crippen LogP contribution in [-0.2, 0) is 11.2 Å². The fourth-order valence-electron chi connectivity index (χ4n) is 5.53. The van der Waals surface area contributed by atoms with Crippen molar-refractivity contribution >= 4 is 11.4 Å². The third kappa shape index (κ3) is 3.78. The molecule has 28 heavy (non-hydrogen) atoms. The zero-order chi connectivity index (χ0) is 19.8. The lowest BCUT2D eigenvalue weighted by molar-refractivity contribution is -0.120. The van der Waals surface area contributed by atoms with Gasteiger partial charge in [-0.05, 0) is 95.5 Å². The maximum Gasteiger partial charge on any atom is 0.132 e. The smallest absolute Gasteiger partial charge is 0.132 e. The Hall–Kier alpha value is -1.61. The molecule has 0 N–H and O–H groups in total. The van der Waals surface area contributed by atoms with Crippen LogP contribution in [0.1, 0.15) is 69.9 Å². The topological polar surface area (TPSA) is 29.5 Å². The minimum atomic E-state index is 0.148. The second-order valence-corrected chi connectivity index (χ2v) is 9.48. The summed E-state index contributed by atoms with van der Waals surface area (Å²) in [5, 5.41) is 0. The molecule has 3 aliphatic rings. The Labute approximate surface area is 170 Å². The Balaban J connectivity index is 1.52. The van der Waals surface area contributed by atoms with Crippen molar-refractivity contribution in [2.75, 3.05) is 14.1 Å². The molecule has 0 saturated heterocycles. The molecule has 4 rings (SSSR count). The number of rotatable bonds is 6. The molecule has 1 fully saturated rings. The Morgan fingerprint density at radius 2 is 1.93 bits per heavy atom. The fraction of sp³-hybridized carbons (Fsp3) is 0.640. The number of fused-ring (bicyclic) bond motifs is 2. The number of carbonyl (C=O) groups is 1. The van der Waals surface area contributed by atoms with Gasteiger partial charge in [-0.25, -0.2) is 0 Å². The molecule has 1 aromatic rings. The number of nitrogens with zero attached hydrogens (tertiary/aromatic N) is 1. The lowest BCUT2D eigenvalue weighted by Gasteiger charge is -2.33. The van der Waals surface area contributed by atoms with E-state index in [9.17, 15) is 4.79 Å². The fourth-order valence-corrected chi connectivity index (χ4v) is 5.53. The largest absolute Gasteiger partial charge is 0.490 e. The number of allylic oxidation sites excluding steroid dienone is 2. The number of benzene rings is 1. The van der Waals surface area contributed by atoms with Crippen molar-refractivity contribution in [1.29, 1.82) is 0 Å². The van der Waals surface area contributed by atoms with E-state index in [1.54, 1.807) is 12.5 Å². The molecule has 3 nitrogen and oxygen atoms in total. The van der Waals surface area contributed by atoms with Crippen LogP contribution in [0.2, 0.25) is 0 Å². The summed E-state index contributed by atoms with van der Waals surface area (Å²) in [4.78, 5) is 14.2. The molecule has 152 valence electrons. The summed E-state index contributed by atoms with van der Waals surface area (Å²) in [6.45, 7) is 3.82. The Kier molecular flexibility index (Phi) is 5.64. The zero-order valence-corrected chi connectivity index (χ0v) is 18.0. The first kappa shape index (κ1) is 19.7. The lowest BCUT2D eigenvalue weighted by Crippen LogP contribution is -2.35. The minimum Gasteiger partial charge on any atom is -0.490 e. The molecule has 0 aliphatic heterocycles. The normalized spacial score (nSPS) is 27.7. The molecule has 0 heterocycles. The van der Waals surface area contributed by atoms with Crippen molar-refractivity contribution < 1.29 is 9.53 Å². The van der Waals surface area contributed by atoms with Gasteiger partial charge in [0.2, 0.25) is 0 Å². The third-order valence-electron chi connectivity index (χ3n) is 7.37. The highest BCUT2D eigenvalue weighted by Crippen LogP contribution is 2.51. The number of hydrogen-bond acceptors (Lipinski definition) is 3. The molecule has 3 heteroatoms. The van der Waals surface area contributed by atoms with Crippen LogP contribution in [0.15, 0.2) is 23.8 Å². The van der Waals surface area contributed by atoms with Crippen LogP contribution < -0.4 is 4.74 Å². The average Bonchev–Trinajstić information content (AvgIpc) is 3.22. The van der Waals surface area contributed by atoms with Gasteiger partial charge in [0.1, 0.15) is 11.5 Å². The van der Waals surface area contributed by atoms with Gasteiger partial charge in [-0.3, -0.25) is 4.79 Å². The van der Waals surface area contributed by atoms with Crippen LogP contribution in [0, 0.1) is 11.8 Å². The lowest BCUT2D eigenvalue weighted by atomic mass is 9.85. The van der Waals surface area contributed by atoms with E-state index in [4.69, 9.17) is 4.74 Å². The van der Waals surface area contributed by atoms with E-state index < -0.39 is 0 Å². The first-order chi connectivity index (χ1) is 13.4. The summed E-state index contributed by atoms with van der Waals surface area (Å²) in [5.41, 5.74) is 5.94. The highest BCUT2D eigenvalue weighted by atomic mass is 16.5. The van der Waals surface area contributed by atoms with Gasteiger partial charge in [0, 0.05) is 17.5 Å². The Bertz CT molecular complexity index is 771. The summed E-state index contributed by atoms with van der Waals surface area (Å²) in [5.74, 6) is 2.08. The molecular formula is C25H35NO2. The number of ketones is 1. The summed E-state index contributed by atoms with van der Waals surface area (Å²) >= 11 is 0. The van der Waals surface area contributed by atoms with Crippen molar-refractivity contribution in [2.24, 2.45) is 11.8 Å². The molecule has 1 aromatic carbocycles. The van der Waals surface area contributed by atoms with E-state index >= 15 is 0 Å². The van der Waals surface area contributed by atoms with Crippen molar-refractivity contribution in [2.45, 2.75) is 77.4 Å². The molecule has 0 radical (unpaired) electrons. The van der Waals surface area contributed by atoms with Crippen LogP contribution in [0.3, 0.4) is 0 Å². The quantitative estimate of drug-likeness (QED) is 0.672. The summed E-state index contributed by atoms with van der Waals surface area (Å²) in [7, 11) is 4.37. The van der Waals surface area contributed by atoms with Crippen molar-refractivity contribution in [3.05, 3.63) is 34.9 Å². The average molecular weight is 382 g/mol. The van der Waals surface area contributed by atoms with Gasteiger partial charge in [-0.15, -0.1) is 0 Å². The Morgan fingerprint density at radius 1 is 1.18 bits per heavy atom. The van der Waals surface area contributed by atoms with Gasteiger partial charge in [-0.1, -0.05) is 24.6 Å². The molecule has 0 bridgehead atoms. The van der Waals surface area contributed by atoms with Gasteiger partial charge < -0.3 is 9.64 Å². The van der Waals surface area contributed by atoms with Gasteiger partial charge in [-0.2, -0.15) is 0 Å².